The van der Waals surface area contributed by atoms with Crippen LogP contribution in [-0.4, -0.2) is 29.4 Å². The van der Waals surface area contributed by atoms with Gasteiger partial charge in [0.1, 0.15) is 11.6 Å². The van der Waals surface area contributed by atoms with Crippen LogP contribution < -0.4 is 4.74 Å². The lowest BCUT2D eigenvalue weighted by atomic mass is 10.1. The highest BCUT2D eigenvalue weighted by molar-refractivity contribution is 5.77. The Morgan fingerprint density at radius 1 is 1.06 bits per heavy atom. The van der Waals surface area contributed by atoms with Gasteiger partial charge in [0.25, 0.3) is 0 Å². The molecule has 1 amide bonds. The van der Waals surface area contributed by atoms with Crippen LogP contribution in [0.5, 0.6) is 5.75 Å². The maximum Gasteiger partial charge on any atom is 0.223 e. The molecule has 1 aliphatic heterocycles. The number of carbonyl (C=O) groups is 1. The summed E-state index contributed by atoms with van der Waals surface area (Å²) < 4.78 is 18.4. The molecule has 1 atom stereocenters. The molecule has 160 valence electrons. The first-order valence-corrected chi connectivity index (χ1v) is 10.7. The van der Waals surface area contributed by atoms with Gasteiger partial charge in [-0.3, -0.25) is 9.78 Å². The third kappa shape index (κ3) is 5.29. The lowest BCUT2D eigenvalue weighted by molar-refractivity contribution is -0.132. The van der Waals surface area contributed by atoms with Gasteiger partial charge in [-0.05, 0) is 66.8 Å². The number of halogens is 1. The molecule has 1 fully saturated rings. The molecule has 0 N–H and O–H groups in total. The van der Waals surface area contributed by atoms with E-state index in [2.05, 4.69) is 0 Å². The van der Waals surface area contributed by atoms with Crippen molar-refractivity contribution in [2.75, 3.05) is 13.7 Å². The van der Waals surface area contributed by atoms with Crippen LogP contribution in [0.3, 0.4) is 0 Å². The van der Waals surface area contributed by atoms with Crippen LogP contribution in [0.25, 0.3) is 0 Å². The third-order valence-corrected chi connectivity index (χ3v) is 5.83. The Balaban J connectivity index is 1.41. The van der Waals surface area contributed by atoms with E-state index in [-0.39, 0.29) is 17.8 Å². The summed E-state index contributed by atoms with van der Waals surface area (Å²) >= 11 is 0. The number of benzene rings is 2. The van der Waals surface area contributed by atoms with Crippen LogP contribution in [0, 0.1) is 5.82 Å². The van der Waals surface area contributed by atoms with Crippen LogP contribution in [0.4, 0.5) is 4.39 Å². The summed E-state index contributed by atoms with van der Waals surface area (Å²) in [5.74, 6) is 0.755. The Morgan fingerprint density at radius 2 is 1.81 bits per heavy atom. The van der Waals surface area contributed by atoms with Crippen molar-refractivity contribution in [2.45, 2.75) is 38.1 Å². The van der Waals surface area contributed by atoms with Crippen molar-refractivity contribution in [1.82, 2.24) is 9.88 Å². The van der Waals surface area contributed by atoms with E-state index in [0.29, 0.717) is 19.3 Å². The molecule has 1 saturated heterocycles. The minimum absolute atomic E-state index is 0.0246. The van der Waals surface area contributed by atoms with Crippen LogP contribution >= 0.6 is 0 Å². The molecule has 1 aromatic heterocycles. The molecule has 31 heavy (non-hydrogen) atoms. The van der Waals surface area contributed by atoms with Crippen molar-refractivity contribution in [3.8, 4) is 5.75 Å². The zero-order chi connectivity index (χ0) is 21.6. The van der Waals surface area contributed by atoms with Gasteiger partial charge in [-0.2, -0.15) is 0 Å². The van der Waals surface area contributed by atoms with Gasteiger partial charge in [0.15, 0.2) is 0 Å². The summed E-state index contributed by atoms with van der Waals surface area (Å²) in [7, 11) is 1.65. The number of hydrogen-bond acceptors (Lipinski definition) is 3. The van der Waals surface area contributed by atoms with Gasteiger partial charge in [0, 0.05) is 25.1 Å². The van der Waals surface area contributed by atoms with Crippen LogP contribution in [0.15, 0.2) is 66.7 Å². The molecule has 1 aliphatic rings. The summed E-state index contributed by atoms with van der Waals surface area (Å²) in [5.41, 5.74) is 4.02. The molecule has 0 spiro atoms. The topological polar surface area (TPSA) is 42.4 Å². The number of hydrogen-bond donors (Lipinski definition) is 0. The van der Waals surface area contributed by atoms with E-state index in [1.54, 1.807) is 19.2 Å². The van der Waals surface area contributed by atoms with Gasteiger partial charge in [-0.1, -0.05) is 30.3 Å². The first-order valence-electron chi connectivity index (χ1n) is 10.7. The molecule has 0 saturated carbocycles. The highest BCUT2D eigenvalue weighted by Crippen LogP contribution is 2.32. The maximum absolute atomic E-state index is 13.2. The molecule has 2 heterocycles. The highest BCUT2D eigenvalue weighted by atomic mass is 19.1. The second kappa shape index (κ2) is 9.73. The lowest BCUT2D eigenvalue weighted by Gasteiger charge is -2.25. The first-order chi connectivity index (χ1) is 15.1. The Labute approximate surface area is 182 Å². The number of carbonyl (C=O) groups excluding carboxylic acids is 1. The predicted octanol–water partition coefficient (Wildman–Crippen LogP) is 5.12. The lowest BCUT2D eigenvalue weighted by Crippen LogP contribution is -2.31. The number of aryl methyl sites for hydroxylation is 1. The highest BCUT2D eigenvalue weighted by Gasteiger charge is 2.30. The molecular weight excluding hydrogens is 391 g/mol. The summed E-state index contributed by atoms with van der Waals surface area (Å²) in [5, 5.41) is 0. The number of nitrogens with zero attached hydrogens (tertiary/aromatic N) is 2. The fourth-order valence-corrected chi connectivity index (χ4v) is 4.15. The second-order valence-corrected chi connectivity index (χ2v) is 7.95. The fraction of sp³-hybridized carbons (Fsp3) is 0.308. The number of amides is 1. The Bertz CT molecular complexity index is 1020. The SMILES string of the molecule is COc1ccc(CCC(=O)N2CCC[C@H]2c2cccc(Cc3ccc(F)cc3)n2)cc1. The van der Waals surface area contributed by atoms with Gasteiger partial charge in [-0.25, -0.2) is 4.39 Å². The summed E-state index contributed by atoms with van der Waals surface area (Å²) in [6.07, 6.45) is 3.76. The monoisotopic (exact) mass is 418 g/mol. The molecule has 4 nitrogen and oxygen atoms in total. The van der Waals surface area contributed by atoms with Gasteiger partial charge in [-0.15, -0.1) is 0 Å². The standard InChI is InChI=1S/C26H27FN2O2/c1-31-23-14-9-19(10-15-23)11-16-26(30)29-17-3-6-25(29)24-5-2-4-22(28-24)18-20-7-12-21(27)13-8-20/h2,4-5,7-10,12-15,25H,3,6,11,16-18H2,1H3/t25-/m0/s1. The van der Waals surface area contributed by atoms with Gasteiger partial charge in [0.2, 0.25) is 5.91 Å². The average Bonchev–Trinajstić information content (AvgIpc) is 3.30. The number of aromatic nitrogens is 1. The molecule has 4 rings (SSSR count). The van der Waals surface area contributed by atoms with E-state index in [1.807, 2.05) is 47.4 Å². The first kappa shape index (κ1) is 21.0. The number of methoxy groups -OCH3 is 1. The predicted molar refractivity (Wildman–Crippen MR) is 118 cm³/mol. The quantitative estimate of drug-likeness (QED) is 0.535. The Morgan fingerprint density at radius 3 is 2.55 bits per heavy atom. The Kier molecular flexibility index (Phi) is 6.60. The van der Waals surface area contributed by atoms with E-state index < -0.39 is 0 Å². The molecule has 0 bridgehead atoms. The van der Waals surface area contributed by atoms with Crippen LogP contribution in [0.2, 0.25) is 0 Å². The van der Waals surface area contributed by atoms with Crippen molar-refractivity contribution in [3.05, 3.63) is 95.1 Å². The molecule has 0 unspecified atom stereocenters. The molecule has 0 radical (unpaired) electrons. The molecule has 3 aromatic rings. The van der Waals surface area contributed by atoms with Crippen molar-refractivity contribution in [1.29, 1.82) is 0 Å². The van der Waals surface area contributed by atoms with E-state index >= 15 is 0 Å². The van der Waals surface area contributed by atoms with E-state index in [1.165, 1.54) is 12.1 Å². The summed E-state index contributed by atoms with van der Waals surface area (Å²) in [6, 6.07) is 20.4. The average molecular weight is 419 g/mol. The van der Waals surface area contributed by atoms with Crippen molar-refractivity contribution in [3.63, 3.8) is 0 Å². The normalized spacial score (nSPS) is 15.8. The number of rotatable bonds is 7. The second-order valence-electron chi connectivity index (χ2n) is 7.95. The van der Waals surface area contributed by atoms with Gasteiger partial charge >= 0.3 is 0 Å². The minimum Gasteiger partial charge on any atom is -0.497 e. The van der Waals surface area contributed by atoms with Crippen LogP contribution in [0.1, 0.15) is 47.8 Å². The Hall–Kier alpha value is -3.21. The number of ether oxygens (including phenoxy) is 1. The van der Waals surface area contributed by atoms with Crippen molar-refractivity contribution < 1.29 is 13.9 Å². The van der Waals surface area contributed by atoms with E-state index in [0.717, 1.165) is 47.7 Å². The number of likely N-dealkylation sites (tertiary alicyclic amines) is 1. The largest absolute Gasteiger partial charge is 0.497 e. The van der Waals surface area contributed by atoms with Gasteiger partial charge < -0.3 is 9.64 Å². The van der Waals surface area contributed by atoms with Crippen molar-refractivity contribution >= 4 is 5.91 Å². The zero-order valence-corrected chi connectivity index (χ0v) is 17.8. The summed E-state index contributed by atoms with van der Waals surface area (Å²) in [4.78, 5) is 19.8. The van der Waals surface area contributed by atoms with Crippen LogP contribution in [-0.2, 0) is 17.6 Å². The van der Waals surface area contributed by atoms with Crippen molar-refractivity contribution in [2.24, 2.45) is 0 Å². The maximum atomic E-state index is 13.2. The van der Waals surface area contributed by atoms with E-state index in [9.17, 15) is 9.18 Å². The summed E-state index contributed by atoms with van der Waals surface area (Å²) in [6.45, 7) is 0.774. The molecule has 5 heteroatoms. The third-order valence-electron chi connectivity index (χ3n) is 5.83. The van der Waals surface area contributed by atoms with Gasteiger partial charge in [0.05, 0.1) is 18.8 Å². The zero-order valence-electron chi connectivity index (χ0n) is 17.8. The smallest absolute Gasteiger partial charge is 0.223 e. The molecular formula is C26H27FN2O2. The van der Waals surface area contributed by atoms with E-state index in [4.69, 9.17) is 9.72 Å². The fourth-order valence-electron chi connectivity index (χ4n) is 4.15. The molecule has 2 aromatic carbocycles. The number of pyridine rings is 1. The minimum atomic E-state index is -0.236. The molecule has 0 aliphatic carbocycles.